The van der Waals surface area contributed by atoms with Gasteiger partial charge in [-0.25, -0.2) is 4.68 Å². The molecule has 0 bridgehead atoms. The van der Waals surface area contributed by atoms with Gasteiger partial charge in [-0.3, -0.25) is 9.69 Å². The number of ether oxygens (including phenoxy) is 3. The maximum atomic E-state index is 12.8. The average Bonchev–Trinajstić information content (AvgIpc) is 3.13. The number of hydrogen-bond acceptors (Lipinski definition) is 7. The standard InChI is InChI=1S/C19H25N5O4/c1-14-18(19(25)22(2)5-6-23-7-9-26-10-8-23)20-21-24(14)15-3-4-16-17(13-15)28-12-11-27-16/h3-4,13H,5-12H2,1-2H3. The summed E-state index contributed by atoms with van der Waals surface area (Å²) in [7, 11) is 1.80. The summed E-state index contributed by atoms with van der Waals surface area (Å²) in [4.78, 5) is 16.8. The Balaban J connectivity index is 1.45. The Morgan fingerprint density at radius 3 is 2.68 bits per heavy atom. The molecule has 2 aliphatic rings. The molecule has 9 nitrogen and oxygen atoms in total. The molecule has 0 spiro atoms. The second-order valence-electron chi connectivity index (χ2n) is 6.94. The van der Waals surface area contributed by atoms with Gasteiger partial charge in [0, 0.05) is 39.3 Å². The van der Waals surface area contributed by atoms with Crippen LogP contribution >= 0.6 is 0 Å². The first kappa shape index (κ1) is 18.7. The van der Waals surface area contributed by atoms with E-state index in [1.165, 1.54) is 0 Å². The molecule has 9 heteroatoms. The SMILES string of the molecule is Cc1c(C(=O)N(C)CCN2CCOCC2)nnn1-c1ccc2c(c1)OCCO2. The molecule has 0 radical (unpaired) electrons. The fourth-order valence-corrected chi connectivity index (χ4v) is 3.33. The van der Waals surface area contributed by atoms with Gasteiger partial charge in [-0.1, -0.05) is 5.21 Å². The van der Waals surface area contributed by atoms with Crippen LogP contribution in [0.1, 0.15) is 16.2 Å². The Morgan fingerprint density at radius 1 is 1.14 bits per heavy atom. The number of morpholine rings is 1. The van der Waals surface area contributed by atoms with E-state index in [0.29, 0.717) is 42.6 Å². The summed E-state index contributed by atoms with van der Waals surface area (Å²) in [5.74, 6) is 1.26. The van der Waals surface area contributed by atoms with Crippen LogP contribution in [0.5, 0.6) is 11.5 Å². The highest BCUT2D eigenvalue weighted by molar-refractivity contribution is 5.93. The number of rotatable bonds is 5. The lowest BCUT2D eigenvalue weighted by Crippen LogP contribution is -2.42. The Kier molecular flexibility index (Phi) is 5.45. The van der Waals surface area contributed by atoms with Crippen molar-refractivity contribution < 1.29 is 19.0 Å². The van der Waals surface area contributed by atoms with E-state index in [-0.39, 0.29) is 5.91 Å². The molecule has 150 valence electrons. The van der Waals surface area contributed by atoms with Crippen molar-refractivity contribution in [2.75, 3.05) is 59.7 Å². The van der Waals surface area contributed by atoms with Gasteiger partial charge < -0.3 is 19.1 Å². The molecule has 0 aliphatic carbocycles. The van der Waals surface area contributed by atoms with E-state index in [4.69, 9.17) is 14.2 Å². The molecule has 0 atom stereocenters. The minimum absolute atomic E-state index is 0.130. The van der Waals surface area contributed by atoms with Crippen LogP contribution < -0.4 is 9.47 Å². The van der Waals surface area contributed by atoms with Gasteiger partial charge in [0.1, 0.15) is 13.2 Å². The summed E-state index contributed by atoms with van der Waals surface area (Å²) >= 11 is 0. The third-order valence-electron chi connectivity index (χ3n) is 5.07. The highest BCUT2D eigenvalue weighted by atomic mass is 16.6. The van der Waals surface area contributed by atoms with Crippen molar-refractivity contribution in [3.8, 4) is 17.2 Å². The van der Waals surface area contributed by atoms with Gasteiger partial charge in [-0.2, -0.15) is 0 Å². The smallest absolute Gasteiger partial charge is 0.276 e. The zero-order valence-electron chi connectivity index (χ0n) is 16.3. The van der Waals surface area contributed by atoms with Crippen molar-refractivity contribution in [2.24, 2.45) is 0 Å². The van der Waals surface area contributed by atoms with Crippen molar-refractivity contribution in [1.29, 1.82) is 0 Å². The lowest BCUT2D eigenvalue weighted by atomic mass is 10.2. The predicted octanol–water partition coefficient (Wildman–Crippen LogP) is 0.751. The van der Waals surface area contributed by atoms with E-state index in [1.807, 2.05) is 25.1 Å². The van der Waals surface area contributed by atoms with Crippen molar-refractivity contribution in [1.82, 2.24) is 24.8 Å². The Labute approximate surface area is 163 Å². The molecule has 4 rings (SSSR count). The molecule has 2 aliphatic heterocycles. The average molecular weight is 387 g/mol. The quantitative estimate of drug-likeness (QED) is 0.749. The summed E-state index contributed by atoms with van der Waals surface area (Å²) in [6.45, 7) is 7.68. The second-order valence-corrected chi connectivity index (χ2v) is 6.94. The summed E-state index contributed by atoms with van der Waals surface area (Å²) in [5, 5.41) is 8.32. The molecular weight excluding hydrogens is 362 g/mol. The fraction of sp³-hybridized carbons (Fsp3) is 0.526. The van der Waals surface area contributed by atoms with E-state index in [1.54, 1.807) is 16.6 Å². The Bertz CT molecular complexity index is 847. The van der Waals surface area contributed by atoms with Gasteiger partial charge in [-0.05, 0) is 19.1 Å². The van der Waals surface area contributed by atoms with Crippen molar-refractivity contribution >= 4 is 5.91 Å². The molecule has 1 aromatic carbocycles. The highest BCUT2D eigenvalue weighted by Gasteiger charge is 2.22. The highest BCUT2D eigenvalue weighted by Crippen LogP contribution is 2.32. The maximum Gasteiger partial charge on any atom is 0.276 e. The number of aromatic nitrogens is 3. The van der Waals surface area contributed by atoms with Crippen molar-refractivity contribution in [3.05, 3.63) is 29.6 Å². The second kappa shape index (κ2) is 8.15. The van der Waals surface area contributed by atoms with E-state index >= 15 is 0 Å². The fourth-order valence-electron chi connectivity index (χ4n) is 3.33. The Morgan fingerprint density at radius 2 is 1.89 bits per heavy atom. The van der Waals surface area contributed by atoms with Gasteiger partial charge in [-0.15, -0.1) is 5.10 Å². The summed E-state index contributed by atoms with van der Waals surface area (Å²) in [6, 6.07) is 5.58. The molecule has 0 saturated carbocycles. The maximum absolute atomic E-state index is 12.8. The van der Waals surface area contributed by atoms with Gasteiger partial charge in [0.25, 0.3) is 5.91 Å². The third kappa shape index (κ3) is 3.81. The van der Waals surface area contributed by atoms with E-state index in [2.05, 4.69) is 15.2 Å². The van der Waals surface area contributed by atoms with Gasteiger partial charge in [0.05, 0.1) is 24.6 Å². The topological polar surface area (TPSA) is 82.0 Å². The minimum Gasteiger partial charge on any atom is -0.486 e. The number of fused-ring (bicyclic) bond motifs is 1. The number of hydrogen-bond donors (Lipinski definition) is 0. The lowest BCUT2D eigenvalue weighted by Gasteiger charge is -2.28. The molecule has 3 heterocycles. The Hall–Kier alpha value is -2.65. The van der Waals surface area contributed by atoms with Crippen molar-refractivity contribution in [3.63, 3.8) is 0 Å². The predicted molar refractivity (Wildman–Crippen MR) is 101 cm³/mol. The molecule has 1 amide bonds. The largest absolute Gasteiger partial charge is 0.486 e. The van der Waals surface area contributed by atoms with Gasteiger partial charge in [0.15, 0.2) is 17.2 Å². The van der Waals surface area contributed by atoms with Crippen LogP contribution in [0, 0.1) is 6.92 Å². The number of amides is 1. The van der Waals surface area contributed by atoms with E-state index in [0.717, 1.165) is 38.5 Å². The number of benzene rings is 1. The summed E-state index contributed by atoms with van der Waals surface area (Å²) < 4.78 is 18.2. The zero-order chi connectivity index (χ0) is 19.5. The summed E-state index contributed by atoms with van der Waals surface area (Å²) in [6.07, 6.45) is 0. The molecule has 1 aromatic heterocycles. The number of likely N-dealkylation sites (N-methyl/N-ethyl adjacent to an activating group) is 1. The molecule has 1 saturated heterocycles. The first-order chi connectivity index (χ1) is 13.6. The van der Waals surface area contributed by atoms with E-state index in [9.17, 15) is 4.79 Å². The van der Waals surface area contributed by atoms with Crippen LogP contribution in [0.4, 0.5) is 0 Å². The van der Waals surface area contributed by atoms with Gasteiger partial charge in [0.2, 0.25) is 0 Å². The van der Waals surface area contributed by atoms with E-state index < -0.39 is 0 Å². The minimum atomic E-state index is -0.130. The summed E-state index contributed by atoms with van der Waals surface area (Å²) in [5.41, 5.74) is 1.84. The van der Waals surface area contributed by atoms with Crippen LogP contribution in [0.25, 0.3) is 5.69 Å². The molecule has 28 heavy (non-hydrogen) atoms. The molecule has 0 N–H and O–H groups in total. The third-order valence-corrected chi connectivity index (χ3v) is 5.07. The van der Waals surface area contributed by atoms with Crippen molar-refractivity contribution in [2.45, 2.75) is 6.92 Å². The van der Waals surface area contributed by atoms with Crippen LogP contribution in [0.15, 0.2) is 18.2 Å². The van der Waals surface area contributed by atoms with Crippen LogP contribution in [0.2, 0.25) is 0 Å². The van der Waals surface area contributed by atoms with Crippen LogP contribution in [-0.4, -0.2) is 90.4 Å². The first-order valence-electron chi connectivity index (χ1n) is 9.51. The number of carbonyl (C=O) groups excluding carboxylic acids is 1. The zero-order valence-corrected chi connectivity index (χ0v) is 16.3. The lowest BCUT2D eigenvalue weighted by molar-refractivity contribution is 0.0337. The monoisotopic (exact) mass is 387 g/mol. The van der Waals surface area contributed by atoms with Gasteiger partial charge >= 0.3 is 0 Å². The van der Waals surface area contributed by atoms with Crippen LogP contribution in [0.3, 0.4) is 0 Å². The number of nitrogens with zero attached hydrogens (tertiary/aromatic N) is 5. The molecular formula is C19H25N5O4. The normalized spacial score (nSPS) is 16.8. The first-order valence-corrected chi connectivity index (χ1v) is 9.51. The molecule has 1 fully saturated rings. The molecule has 2 aromatic rings. The molecule has 0 unspecified atom stereocenters. The van der Waals surface area contributed by atoms with Crippen LogP contribution in [-0.2, 0) is 4.74 Å². The number of carbonyl (C=O) groups is 1.